The smallest absolute Gasteiger partial charge is 0.238 e. The van der Waals surface area contributed by atoms with Gasteiger partial charge in [0.2, 0.25) is 5.91 Å². The topological polar surface area (TPSA) is 80.0 Å². The van der Waals surface area contributed by atoms with Gasteiger partial charge in [0.25, 0.3) is 0 Å². The molecule has 0 saturated carbocycles. The molecule has 1 aromatic heterocycles. The molecule has 202 valence electrons. The molecular weight excluding hydrogens is 527 g/mol. The molecule has 2 heterocycles. The summed E-state index contributed by atoms with van der Waals surface area (Å²) < 4.78 is 0. The number of halogens is 2. The molecule has 0 spiro atoms. The molecule has 4 unspecified atom stereocenters. The Labute approximate surface area is 240 Å². The van der Waals surface area contributed by atoms with Gasteiger partial charge in [-0.2, -0.15) is 0 Å². The molecule has 5 rings (SSSR count). The highest BCUT2D eigenvalue weighted by molar-refractivity contribution is 6.30. The molecule has 4 atom stereocenters. The fraction of sp³-hybridized carbons (Fsp3) is 0.312. The molecule has 1 amide bonds. The summed E-state index contributed by atoms with van der Waals surface area (Å²) >= 11 is 12.7. The van der Waals surface area contributed by atoms with Crippen LogP contribution in [0.25, 0.3) is 10.9 Å². The lowest BCUT2D eigenvalue weighted by molar-refractivity contribution is -0.123. The lowest BCUT2D eigenvalue weighted by Crippen LogP contribution is -2.51. The molecule has 1 aliphatic rings. The lowest BCUT2D eigenvalue weighted by Gasteiger charge is -2.39. The normalized spacial score (nSPS) is 23.2. The van der Waals surface area contributed by atoms with Crippen LogP contribution in [-0.4, -0.2) is 23.0 Å². The Morgan fingerprint density at radius 3 is 2.46 bits per heavy atom. The van der Waals surface area contributed by atoms with Crippen LogP contribution >= 0.6 is 23.2 Å². The number of amides is 1. The Bertz CT molecular complexity index is 1480. The van der Waals surface area contributed by atoms with Crippen LogP contribution in [0, 0.1) is 5.41 Å². The second kappa shape index (κ2) is 10.9. The number of pyridine rings is 1. The van der Waals surface area contributed by atoms with Gasteiger partial charge in [0, 0.05) is 40.1 Å². The molecule has 0 aliphatic carbocycles. The highest BCUT2D eigenvalue weighted by atomic mass is 35.5. The number of hydrogen-bond acceptors (Lipinski definition) is 4. The predicted molar refractivity (Wildman–Crippen MR) is 160 cm³/mol. The van der Waals surface area contributed by atoms with E-state index in [2.05, 4.69) is 42.5 Å². The van der Waals surface area contributed by atoms with Crippen molar-refractivity contribution < 1.29 is 4.79 Å². The standard InChI is InChI=1S/C32H34Cl2N4O/c1-31(2,3)17-27-32(35,23-11-13-24(33)14-12-23)28(22-8-6-9-25(34)16-22)29(38-27)30(39)37-19-20-15-21-7-4-5-10-26(21)36-18-20/h4-16,18,27-29,38H,17,19,35H2,1-3H3,(H,37,39). The zero-order valence-electron chi connectivity index (χ0n) is 22.4. The van der Waals surface area contributed by atoms with Gasteiger partial charge in [-0.3, -0.25) is 9.78 Å². The summed E-state index contributed by atoms with van der Waals surface area (Å²) in [5.74, 6) is -0.493. The molecule has 0 bridgehead atoms. The molecule has 7 heteroatoms. The van der Waals surface area contributed by atoms with E-state index in [1.165, 1.54) is 0 Å². The quantitative estimate of drug-likeness (QED) is 0.249. The number of benzene rings is 3. The van der Waals surface area contributed by atoms with Crippen molar-refractivity contribution in [3.8, 4) is 0 Å². The van der Waals surface area contributed by atoms with Crippen LogP contribution in [0.2, 0.25) is 10.0 Å². The van der Waals surface area contributed by atoms with Gasteiger partial charge in [-0.1, -0.05) is 86.4 Å². The average Bonchev–Trinajstić information content (AvgIpc) is 3.19. The van der Waals surface area contributed by atoms with Crippen LogP contribution in [0.5, 0.6) is 0 Å². The van der Waals surface area contributed by atoms with Crippen molar-refractivity contribution in [2.75, 3.05) is 0 Å². The number of carbonyl (C=O) groups is 1. The summed E-state index contributed by atoms with van der Waals surface area (Å²) in [5, 5.41) is 9.08. The number of para-hydroxylation sites is 1. The van der Waals surface area contributed by atoms with Crippen molar-refractivity contribution in [3.05, 3.63) is 112 Å². The van der Waals surface area contributed by atoms with E-state index in [-0.39, 0.29) is 23.3 Å². The number of aromatic nitrogens is 1. The highest BCUT2D eigenvalue weighted by Gasteiger charge is 2.56. The first-order valence-corrected chi connectivity index (χ1v) is 14.0. The van der Waals surface area contributed by atoms with Gasteiger partial charge in [0.1, 0.15) is 0 Å². The first kappa shape index (κ1) is 27.6. The van der Waals surface area contributed by atoms with Gasteiger partial charge in [-0.15, -0.1) is 0 Å². The van der Waals surface area contributed by atoms with E-state index in [1.807, 2.05) is 79.0 Å². The lowest BCUT2D eigenvalue weighted by atomic mass is 9.68. The zero-order valence-corrected chi connectivity index (χ0v) is 23.9. The van der Waals surface area contributed by atoms with Gasteiger partial charge < -0.3 is 16.4 Å². The maximum Gasteiger partial charge on any atom is 0.238 e. The number of carbonyl (C=O) groups excluding carboxylic acids is 1. The average molecular weight is 562 g/mol. The van der Waals surface area contributed by atoms with E-state index in [4.69, 9.17) is 28.9 Å². The Balaban J connectivity index is 1.52. The predicted octanol–water partition coefficient (Wildman–Crippen LogP) is 6.57. The van der Waals surface area contributed by atoms with E-state index >= 15 is 0 Å². The van der Waals surface area contributed by atoms with Crippen molar-refractivity contribution >= 4 is 40.0 Å². The fourth-order valence-corrected chi connectivity index (χ4v) is 6.14. The number of nitrogens with zero attached hydrogens (tertiary/aromatic N) is 1. The summed E-state index contributed by atoms with van der Waals surface area (Å²) in [6.07, 6.45) is 2.57. The van der Waals surface area contributed by atoms with Gasteiger partial charge in [0.05, 0.1) is 17.1 Å². The van der Waals surface area contributed by atoms with E-state index in [9.17, 15) is 4.79 Å². The zero-order chi connectivity index (χ0) is 27.8. The van der Waals surface area contributed by atoms with E-state index in [1.54, 1.807) is 0 Å². The summed E-state index contributed by atoms with van der Waals surface area (Å²) in [7, 11) is 0. The van der Waals surface area contributed by atoms with Crippen LogP contribution in [0.3, 0.4) is 0 Å². The van der Waals surface area contributed by atoms with Crippen LogP contribution in [0.4, 0.5) is 0 Å². The first-order valence-electron chi connectivity index (χ1n) is 13.2. The summed E-state index contributed by atoms with van der Waals surface area (Å²) in [6.45, 7) is 6.92. The van der Waals surface area contributed by atoms with Crippen molar-refractivity contribution in [1.29, 1.82) is 0 Å². The number of nitrogens with one attached hydrogen (secondary N) is 2. The summed E-state index contributed by atoms with van der Waals surface area (Å²) in [4.78, 5) is 18.5. The first-order chi connectivity index (χ1) is 18.5. The molecule has 3 aromatic carbocycles. The van der Waals surface area contributed by atoms with Crippen LogP contribution in [-0.2, 0) is 16.9 Å². The maximum atomic E-state index is 13.9. The van der Waals surface area contributed by atoms with E-state index < -0.39 is 11.6 Å². The minimum absolute atomic E-state index is 0.0320. The van der Waals surface area contributed by atoms with Crippen molar-refractivity contribution in [2.45, 2.75) is 57.3 Å². The van der Waals surface area contributed by atoms with Gasteiger partial charge in [-0.25, -0.2) is 0 Å². The molecule has 1 aliphatic heterocycles. The molecule has 39 heavy (non-hydrogen) atoms. The minimum atomic E-state index is -0.894. The van der Waals surface area contributed by atoms with E-state index in [0.717, 1.165) is 34.0 Å². The molecule has 4 N–H and O–H groups in total. The van der Waals surface area contributed by atoms with Crippen molar-refractivity contribution in [1.82, 2.24) is 15.6 Å². The van der Waals surface area contributed by atoms with Crippen LogP contribution in [0.1, 0.15) is 49.8 Å². The second-order valence-electron chi connectivity index (χ2n) is 11.7. The molecule has 5 nitrogen and oxygen atoms in total. The van der Waals surface area contributed by atoms with Gasteiger partial charge in [-0.05, 0) is 64.9 Å². The second-order valence-corrected chi connectivity index (χ2v) is 12.6. The fourth-order valence-electron chi connectivity index (χ4n) is 5.81. The third-order valence-corrected chi connectivity index (χ3v) is 8.06. The van der Waals surface area contributed by atoms with E-state index in [0.29, 0.717) is 16.6 Å². The number of hydrogen-bond donors (Lipinski definition) is 3. The van der Waals surface area contributed by atoms with Crippen molar-refractivity contribution in [3.63, 3.8) is 0 Å². The molecular formula is C32H34Cl2N4O. The number of rotatable bonds is 6. The maximum absolute atomic E-state index is 13.9. The Kier molecular flexibility index (Phi) is 7.71. The summed E-state index contributed by atoms with van der Waals surface area (Å²) in [5.41, 5.74) is 10.2. The number of fused-ring (bicyclic) bond motifs is 1. The Morgan fingerprint density at radius 2 is 1.74 bits per heavy atom. The van der Waals surface area contributed by atoms with Crippen LogP contribution in [0.15, 0.2) is 85.1 Å². The highest BCUT2D eigenvalue weighted by Crippen LogP contribution is 2.48. The van der Waals surface area contributed by atoms with Crippen LogP contribution < -0.4 is 16.4 Å². The SMILES string of the molecule is CC(C)(C)CC1NC(C(=O)NCc2cnc3ccccc3c2)C(c2cccc(Cl)c2)C1(N)c1ccc(Cl)cc1. The largest absolute Gasteiger partial charge is 0.351 e. The Morgan fingerprint density at radius 1 is 1.00 bits per heavy atom. The third kappa shape index (κ3) is 5.82. The Hall–Kier alpha value is -2.96. The molecule has 1 saturated heterocycles. The summed E-state index contributed by atoms with van der Waals surface area (Å²) in [6, 6.07) is 24.6. The van der Waals surface area contributed by atoms with Crippen molar-refractivity contribution in [2.24, 2.45) is 11.1 Å². The third-order valence-electron chi connectivity index (χ3n) is 7.57. The molecule has 0 radical (unpaired) electrons. The minimum Gasteiger partial charge on any atom is -0.351 e. The monoisotopic (exact) mass is 560 g/mol. The van der Waals surface area contributed by atoms with Gasteiger partial charge >= 0.3 is 0 Å². The van der Waals surface area contributed by atoms with Gasteiger partial charge in [0.15, 0.2) is 0 Å². The number of nitrogens with two attached hydrogens (primary N) is 1. The molecule has 1 fully saturated rings. The molecule has 4 aromatic rings.